The van der Waals surface area contributed by atoms with Crippen LogP contribution in [0.5, 0.6) is 5.75 Å². The minimum absolute atomic E-state index is 0.296. The van der Waals surface area contributed by atoms with Crippen molar-refractivity contribution in [3.8, 4) is 5.75 Å². The number of carbonyl (C=O) groups is 2. The van der Waals surface area contributed by atoms with Crippen LogP contribution >= 0.6 is 15.9 Å². The second kappa shape index (κ2) is 8.49. The maximum Gasteiger partial charge on any atom is 0.344 e. The van der Waals surface area contributed by atoms with Gasteiger partial charge in [-0.25, -0.2) is 9.18 Å². The molecule has 0 fully saturated rings. The molecule has 0 radical (unpaired) electrons. The zero-order chi connectivity index (χ0) is 17.5. The molecule has 1 N–H and O–H groups in total. The van der Waals surface area contributed by atoms with E-state index in [-0.39, 0.29) is 6.04 Å². The molecule has 1 amide bonds. The fraction of sp³-hybridized carbons (Fsp3) is 0.250. The molecule has 1 aromatic heterocycles. The normalized spacial score (nSPS) is 11.6. The van der Waals surface area contributed by atoms with Crippen LogP contribution in [0.2, 0.25) is 0 Å². The van der Waals surface area contributed by atoms with Gasteiger partial charge in [0.25, 0.3) is 5.91 Å². The van der Waals surface area contributed by atoms with E-state index in [9.17, 15) is 14.0 Å². The highest BCUT2D eigenvalue weighted by Gasteiger charge is 2.14. The number of ether oxygens (including phenoxy) is 2. The standard InChI is InChI=1S/C16H15BrFNO5/c1-10(13-3-2-6-22-13)19-15(20)8-24-16(21)9-23-14-5-4-11(18)7-12(14)17/h2-7,10H,8-9H2,1H3,(H,19,20)/t10-/m1/s1. The van der Waals surface area contributed by atoms with Crippen LogP contribution in [0.3, 0.4) is 0 Å². The van der Waals surface area contributed by atoms with Crippen molar-refractivity contribution >= 4 is 27.8 Å². The number of benzene rings is 1. The van der Waals surface area contributed by atoms with Crippen molar-refractivity contribution in [1.29, 1.82) is 0 Å². The zero-order valence-corrected chi connectivity index (χ0v) is 14.3. The number of halogens is 2. The highest BCUT2D eigenvalue weighted by molar-refractivity contribution is 9.10. The summed E-state index contributed by atoms with van der Waals surface area (Å²) in [6.45, 7) is 0.913. The summed E-state index contributed by atoms with van der Waals surface area (Å²) in [5.74, 6) is -0.718. The lowest BCUT2D eigenvalue weighted by atomic mass is 10.2. The molecule has 0 saturated heterocycles. The van der Waals surface area contributed by atoms with Crippen molar-refractivity contribution < 1.29 is 27.9 Å². The number of furan rings is 1. The molecule has 0 saturated carbocycles. The van der Waals surface area contributed by atoms with Crippen molar-refractivity contribution in [1.82, 2.24) is 5.32 Å². The van der Waals surface area contributed by atoms with Gasteiger partial charge in [0.05, 0.1) is 16.8 Å². The molecule has 6 nitrogen and oxygen atoms in total. The third-order valence-electron chi connectivity index (χ3n) is 2.95. The molecule has 1 heterocycles. The van der Waals surface area contributed by atoms with Gasteiger partial charge in [-0.05, 0) is 53.2 Å². The molecule has 0 unspecified atom stereocenters. The van der Waals surface area contributed by atoms with Crippen LogP contribution in [0.15, 0.2) is 45.5 Å². The molecule has 1 aromatic carbocycles. The number of nitrogens with one attached hydrogen (secondary N) is 1. The molecule has 0 spiro atoms. The van der Waals surface area contributed by atoms with Gasteiger partial charge in [-0.2, -0.15) is 0 Å². The number of amides is 1. The maximum absolute atomic E-state index is 12.9. The third kappa shape index (κ3) is 5.38. The van der Waals surface area contributed by atoms with E-state index in [2.05, 4.69) is 21.2 Å². The van der Waals surface area contributed by atoms with Gasteiger partial charge in [-0.3, -0.25) is 4.79 Å². The molecular formula is C16H15BrFNO5. The fourth-order valence-electron chi connectivity index (χ4n) is 1.81. The number of carbonyl (C=O) groups excluding carboxylic acids is 2. The fourth-order valence-corrected chi connectivity index (χ4v) is 2.27. The van der Waals surface area contributed by atoms with Crippen molar-refractivity contribution in [2.45, 2.75) is 13.0 Å². The molecule has 1 atom stereocenters. The molecular weight excluding hydrogens is 385 g/mol. The van der Waals surface area contributed by atoms with Crippen molar-refractivity contribution in [3.05, 3.63) is 52.6 Å². The first-order chi connectivity index (χ1) is 11.5. The predicted molar refractivity (Wildman–Crippen MR) is 85.8 cm³/mol. The van der Waals surface area contributed by atoms with Gasteiger partial charge in [-0.15, -0.1) is 0 Å². The Hall–Kier alpha value is -2.35. The summed E-state index contributed by atoms with van der Waals surface area (Å²) in [6, 6.07) is 6.90. The highest BCUT2D eigenvalue weighted by Crippen LogP contribution is 2.25. The molecule has 24 heavy (non-hydrogen) atoms. The van der Waals surface area contributed by atoms with Crippen molar-refractivity contribution in [2.24, 2.45) is 0 Å². The molecule has 2 rings (SSSR count). The van der Waals surface area contributed by atoms with Gasteiger partial charge in [0.15, 0.2) is 13.2 Å². The Morgan fingerprint density at radius 2 is 2.12 bits per heavy atom. The van der Waals surface area contributed by atoms with E-state index in [0.717, 1.165) is 0 Å². The van der Waals surface area contributed by atoms with Gasteiger partial charge in [0.1, 0.15) is 17.3 Å². The molecule has 128 valence electrons. The monoisotopic (exact) mass is 399 g/mol. The zero-order valence-electron chi connectivity index (χ0n) is 12.8. The second-order valence-electron chi connectivity index (χ2n) is 4.83. The summed E-state index contributed by atoms with van der Waals surface area (Å²) in [6.07, 6.45) is 1.50. The number of rotatable bonds is 7. The smallest absolute Gasteiger partial charge is 0.344 e. The highest BCUT2D eigenvalue weighted by atomic mass is 79.9. The first-order valence-corrected chi connectivity index (χ1v) is 7.81. The Bertz CT molecular complexity index is 704. The average molecular weight is 400 g/mol. The van der Waals surface area contributed by atoms with Gasteiger partial charge in [0.2, 0.25) is 0 Å². The van der Waals surface area contributed by atoms with Crippen molar-refractivity contribution in [3.63, 3.8) is 0 Å². The Kier molecular flexibility index (Phi) is 6.36. The van der Waals surface area contributed by atoms with Crippen LogP contribution in [0.1, 0.15) is 18.7 Å². The Balaban J connectivity index is 1.71. The van der Waals surface area contributed by atoms with E-state index in [4.69, 9.17) is 13.9 Å². The number of esters is 1. The van der Waals surface area contributed by atoms with Crippen molar-refractivity contribution in [2.75, 3.05) is 13.2 Å². The van der Waals surface area contributed by atoms with E-state index in [1.54, 1.807) is 19.1 Å². The van der Waals surface area contributed by atoms with Gasteiger partial charge in [0, 0.05) is 0 Å². The molecule has 0 bridgehead atoms. The first kappa shape index (κ1) is 18.0. The van der Waals surface area contributed by atoms with E-state index in [1.165, 1.54) is 24.5 Å². The summed E-state index contributed by atoms with van der Waals surface area (Å²) < 4.78 is 28.5. The molecule has 0 aliphatic heterocycles. The summed E-state index contributed by atoms with van der Waals surface area (Å²) in [7, 11) is 0. The SMILES string of the molecule is C[C@@H](NC(=O)COC(=O)COc1ccc(F)cc1Br)c1ccco1. The van der Waals surface area contributed by atoms with E-state index >= 15 is 0 Å². The summed E-state index contributed by atoms with van der Waals surface area (Å²) in [5.41, 5.74) is 0. The summed E-state index contributed by atoms with van der Waals surface area (Å²) in [5, 5.41) is 2.63. The minimum Gasteiger partial charge on any atom is -0.481 e. The van der Waals surface area contributed by atoms with Crippen LogP contribution in [0.4, 0.5) is 4.39 Å². The molecule has 0 aliphatic carbocycles. The van der Waals surface area contributed by atoms with E-state index < -0.39 is 30.9 Å². The van der Waals surface area contributed by atoms with Crippen LogP contribution in [-0.4, -0.2) is 25.1 Å². The summed E-state index contributed by atoms with van der Waals surface area (Å²) in [4.78, 5) is 23.3. The lowest BCUT2D eigenvalue weighted by Gasteiger charge is -2.12. The lowest BCUT2D eigenvalue weighted by Crippen LogP contribution is -2.31. The van der Waals surface area contributed by atoms with Crippen LogP contribution in [0, 0.1) is 5.82 Å². The lowest BCUT2D eigenvalue weighted by molar-refractivity contribution is -0.150. The Morgan fingerprint density at radius 1 is 1.33 bits per heavy atom. The third-order valence-corrected chi connectivity index (χ3v) is 3.57. The first-order valence-electron chi connectivity index (χ1n) is 7.02. The summed E-state index contributed by atoms with van der Waals surface area (Å²) >= 11 is 3.12. The average Bonchev–Trinajstić information content (AvgIpc) is 3.06. The van der Waals surface area contributed by atoms with Crippen LogP contribution in [-0.2, 0) is 14.3 Å². The van der Waals surface area contributed by atoms with E-state index in [0.29, 0.717) is 16.0 Å². The van der Waals surface area contributed by atoms with Crippen LogP contribution < -0.4 is 10.1 Å². The van der Waals surface area contributed by atoms with Gasteiger partial charge in [-0.1, -0.05) is 0 Å². The Labute approximate surface area is 146 Å². The maximum atomic E-state index is 12.9. The Morgan fingerprint density at radius 3 is 2.79 bits per heavy atom. The quantitative estimate of drug-likeness (QED) is 0.724. The molecule has 8 heteroatoms. The van der Waals surface area contributed by atoms with Crippen LogP contribution in [0.25, 0.3) is 0 Å². The molecule has 0 aliphatic rings. The largest absolute Gasteiger partial charge is 0.481 e. The number of hydrogen-bond donors (Lipinski definition) is 1. The van der Waals surface area contributed by atoms with E-state index in [1.807, 2.05) is 0 Å². The van der Waals surface area contributed by atoms with Gasteiger partial charge >= 0.3 is 5.97 Å². The molecule has 2 aromatic rings. The topological polar surface area (TPSA) is 77.8 Å². The second-order valence-corrected chi connectivity index (χ2v) is 5.68. The van der Waals surface area contributed by atoms with Gasteiger partial charge < -0.3 is 19.2 Å². The predicted octanol–water partition coefficient (Wildman–Crippen LogP) is 2.98. The minimum atomic E-state index is -0.716. The number of hydrogen-bond acceptors (Lipinski definition) is 5.